The number of hydrogen-bond donors (Lipinski definition) is 2. The maximum atomic E-state index is 12.3. The van der Waals surface area contributed by atoms with Crippen molar-refractivity contribution in [1.29, 1.82) is 0 Å². The fraction of sp³-hybridized carbons (Fsp3) is 0.533. The number of ether oxygens (including phenoxy) is 1. The highest BCUT2D eigenvalue weighted by molar-refractivity contribution is 5.96. The smallest absolute Gasteiger partial charge is 0.251 e. The van der Waals surface area contributed by atoms with Crippen LogP contribution in [0.5, 0.6) is 0 Å². The van der Waals surface area contributed by atoms with Gasteiger partial charge in [-0.2, -0.15) is 0 Å². The zero-order valence-electron chi connectivity index (χ0n) is 11.3. The van der Waals surface area contributed by atoms with Gasteiger partial charge in [-0.25, -0.2) is 0 Å². The van der Waals surface area contributed by atoms with Crippen molar-refractivity contribution in [1.82, 2.24) is 5.32 Å². The summed E-state index contributed by atoms with van der Waals surface area (Å²) in [6.45, 7) is 4.75. The number of nitrogens with one attached hydrogen (secondary N) is 1. The van der Waals surface area contributed by atoms with E-state index in [1.165, 1.54) is 0 Å². The molecule has 4 atom stereocenters. The first-order valence-corrected chi connectivity index (χ1v) is 6.84. The molecule has 4 nitrogen and oxygen atoms in total. The zero-order valence-corrected chi connectivity index (χ0v) is 11.3. The lowest BCUT2D eigenvalue weighted by atomic mass is 9.72. The molecule has 1 aliphatic heterocycles. The summed E-state index contributed by atoms with van der Waals surface area (Å²) < 4.78 is 5.63. The zero-order chi connectivity index (χ0) is 13.6. The van der Waals surface area contributed by atoms with Crippen molar-refractivity contribution in [2.24, 2.45) is 11.7 Å². The molecule has 0 bridgehead atoms. The van der Waals surface area contributed by atoms with Gasteiger partial charge in [0.2, 0.25) is 0 Å². The van der Waals surface area contributed by atoms with Crippen LogP contribution in [-0.2, 0) is 4.74 Å². The van der Waals surface area contributed by atoms with E-state index in [0.717, 1.165) is 29.7 Å². The van der Waals surface area contributed by atoms with E-state index >= 15 is 0 Å². The van der Waals surface area contributed by atoms with Gasteiger partial charge in [0, 0.05) is 24.1 Å². The van der Waals surface area contributed by atoms with Crippen LogP contribution in [0.15, 0.2) is 18.2 Å². The Kier molecular flexibility index (Phi) is 3.07. The Morgan fingerprint density at radius 3 is 3.00 bits per heavy atom. The molecular formula is C15H20N2O2. The fourth-order valence-corrected chi connectivity index (χ4v) is 3.15. The maximum Gasteiger partial charge on any atom is 0.251 e. The molecular weight excluding hydrogens is 240 g/mol. The number of carbonyl (C=O) groups is 1. The molecule has 2 aliphatic rings. The molecule has 1 aliphatic carbocycles. The molecule has 1 aromatic carbocycles. The summed E-state index contributed by atoms with van der Waals surface area (Å²) in [6.07, 6.45) is 1.13. The highest BCUT2D eigenvalue weighted by atomic mass is 16.5. The van der Waals surface area contributed by atoms with Gasteiger partial charge in [-0.15, -0.1) is 0 Å². The molecule has 1 saturated heterocycles. The lowest BCUT2D eigenvalue weighted by molar-refractivity contribution is -0.0161. The number of rotatable bonds is 2. The largest absolute Gasteiger partial charge is 0.376 e. The minimum absolute atomic E-state index is 0.0292. The van der Waals surface area contributed by atoms with Crippen LogP contribution in [0.3, 0.4) is 0 Å². The first-order chi connectivity index (χ1) is 9.09. The van der Waals surface area contributed by atoms with E-state index in [-0.39, 0.29) is 24.1 Å². The monoisotopic (exact) mass is 260 g/mol. The number of fused-ring (bicyclic) bond motifs is 1. The van der Waals surface area contributed by atoms with Crippen LogP contribution in [0.4, 0.5) is 0 Å². The highest BCUT2D eigenvalue weighted by Gasteiger charge is 2.52. The molecule has 2 fully saturated rings. The second-order valence-electron chi connectivity index (χ2n) is 5.61. The van der Waals surface area contributed by atoms with Gasteiger partial charge >= 0.3 is 0 Å². The van der Waals surface area contributed by atoms with Crippen molar-refractivity contribution < 1.29 is 9.53 Å². The summed E-state index contributed by atoms with van der Waals surface area (Å²) in [5.74, 6) is 0.375. The van der Waals surface area contributed by atoms with Gasteiger partial charge in [0.25, 0.3) is 5.91 Å². The number of hydrogen-bond acceptors (Lipinski definition) is 3. The van der Waals surface area contributed by atoms with E-state index in [1.54, 1.807) is 0 Å². The van der Waals surface area contributed by atoms with Crippen molar-refractivity contribution in [3.05, 3.63) is 34.9 Å². The van der Waals surface area contributed by atoms with Gasteiger partial charge in [-0.05, 0) is 37.5 Å². The third kappa shape index (κ3) is 1.95. The van der Waals surface area contributed by atoms with E-state index in [9.17, 15) is 4.79 Å². The summed E-state index contributed by atoms with van der Waals surface area (Å²) in [6, 6.07) is 5.76. The Bertz CT molecular complexity index is 515. The highest BCUT2D eigenvalue weighted by Crippen LogP contribution is 2.37. The third-order valence-corrected chi connectivity index (χ3v) is 4.59. The number of nitrogens with two attached hydrogens (primary N) is 1. The molecule has 1 amide bonds. The minimum Gasteiger partial charge on any atom is -0.376 e. The molecule has 1 saturated carbocycles. The van der Waals surface area contributed by atoms with E-state index in [0.29, 0.717) is 5.92 Å². The van der Waals surface area contributed by atoms with Gasteiger partial charge in [-0.3, -0.25) is 4.79 Å². The predicted octanol–water partition coefficient (Wildman–Crippen LogP) is 1.15. The first kappa shape index (κ1) is 12.6. The van der Waals surface area contributed by atoms with Crippen LogP contribution < -0.4 is 11.1 Å². The Balaban J connectivity index is 1.73. The van der Waals surface area contributed by atoms with Crippen LogP contribution >= 0.6 is 0 Å². The number of aryl methyl sites for hydroxylation is 1. The predicted molar refractivity (Wildman–Crippen MR) is 73.0 cm³/mol. The van der Waals surface area contributed by atoms with Crippen molar-refractivity contribution in [3.8, 4) is 0 Å². The average Bonchev–Trinajstić information content (AvgIpc) is 2.83. The van der Waals surface area contributed by atoms with Crippen molar-refractivity contribution >= 4 is 5.91 Å². The van der Waals surface area contributed by atoms with E-state index in [1.807, 2.05) is 32.0 Å². The number of carbonyl (C=O) groups excluding carboxylic acids is 1. The van der Waals surface area contributed by atoms with Crippen LogP contribution in [0.25, 0.3) is 0 Å². The maximum absolute atomic E-state index is 12.3. The second kappa shape index (κ2) is 4.62. The first-order valence-electron chi connectivity index (χ1n) is 6.84. The third-order valence-electron chi connectivity index (χ3n) is 4.59. The normalized spacial score (nSPS) is 32.6. The van der Waals surface area contributed by atoms with Gasteiger partial charge in [-0.1, -0.05) is 12.1 Å². The van der Waals surface area contributed by atoms with Gasteiger partial charge < -0.3 is 15.8 Å². The molecule has 19 heavy (non-hydrogen) atoms. The van der Waals surface area contributed by atoms with Gasteiger partial charge in [0.15, 0.2) is 0 Å². The molecule has 1 heterocycles. The summed E-state index contributed by atoms with van der Waals surface area (Å²) >= 11 is 0. The number of amides is 1. The Hall–Kier alpha value is -1.39. The topological polar surface area (TPSA) is 64.4 Å². The Morgan fingerprint density at radius 1 is 1.42 bits per heavy atom. The van der Waals surface area contributed by atoms with Gasteiger partial charge in [0.1, 0.15) is 0 Å². The van der Waals surface area contributed by atoms with E-state index < -0.39 is 0 Å². The molecule has 4 unspecified atom stereocenters. The molecule has 4 heteroatoms. The SMILES string of the molecule is Cc1cccc(C(=O)NC2C(N)C3CCOC32)c1C. The summed E-state index contributed by atoms with van der Waals surface area (Å²) in [4.78, 5) is 12.3. The molecule has 0 aromatic heterocycles. The molecule has 1 aromatic rings. The summed E-state index contributed by atoms with van der Waals surface area (Å²) in [5, 5.41) is 3.03. The minimum atomic E-state index is -0.0457. The molecule has 0 radical (unpaired) electrons. The molecule has 102 valence electrons. The van der Waals surface area contributed by atoms with Crippen molar-refractivity contribution in [2.45, 2.75) is 38.5 Å². The van der Waals surface area contributed by atoms with Crippen molar-refractivity contribution in [2.75, 3.05) is 6.61 Å². The van der Waals surface area contributed by atoms with Gasteiger partial charge in [0.05, 0.1) is 12.1 Å². The lowest BCUT2D eigenvalue weighted by Crippen LogP contribution is -2.69. The molecule has 0 spiro atoms. The Morgan fingerprint density at radius 2 is 2.21 bits per heavy atom. The van der Waals surface area contributed by atoms with Crippen molar-refractivity contribution in [3.63, 3.8) is 0 Å². The molecule has 3 N–H and O–H groups in total. The van der Waals surface area contributed by atoms with Crippen LogP contribution in [0.2, 0.25) is 0 Å². The quantitative estimate of drug-likeness (QED) is 0.838. The van der Waals surface area contributed by atoms with Crippen LogP contribution in [0.1, 0.15) is 27.9 Å². The van der Waals surface area contributed by atoms with E-state index in [2.05, 4.69) is 5.32 Å². The second-order valence-corrected chi connectivity index (χ2v) is 5.61. The lowest BCUT2D eigenvalue weighted by Gasteiger charge is -2.45. The number of benzene rings is 1. The molecule has 3 rings (SSSR count). The standard InChI is InChI=1S/C15H20N2O2/c1-8-4-3-5-10(9(8)2)15(18)17-13-12(16)11-6-7-19-14(11)13/h3-5,11-14H,6-7,16H2,1-2H3,(H,17,18). The van der Waals surface area contributed by atoms with Crippen LogP contribution in [0, 0.1) is 19.8 Å². The van der Waals surface area contributed by atoms with Crippen LogP contribution in [-0.4, -0.2) is 30.7 Å². The Labute approximate surface area is 113 Å². The average molecular weight is 260 g/mol. The summed E-state index contributed by atoms with van der Waals surface area (Å²) in [5.41, 5.74) is 8.99. The van der Waals surface area contributed by atoms with E-state index in [4.69, 9.17) is 10.5 Å². The summed E-state index contributed by atoms with van der Waals surface area (Å²) in [7, 11) is 0. The fourth-order valence-electron chi connectivity index (χ4n) is 3.15.